The van der Waals surface area contributed by atoms with Crippen molar-refractivity contribution in [1.29, 1.82) is 0 Å². The van der Waals surface area contributed by atoms with Gasteiger partial charge in [-0.2, -0.15) is 5.10 Å². The molecule has 0 amide bonds. The lowest BCUT2D eigenvalue weighted by Crippen LogP contribution is -2.18. The fourth-order valence-electron chi connectivity index (χ4n) is 4.57. The lowest BCUT2D eigenvalue weighted by molar-refractivity contribution is 0.102. The Balaban J connectivity index is 1.42. The first-order chi connectivity index (χ1) is 18.9. The average Bonchev–Trinajstić information content (AvgIpc) is 3.67. The van der Waals surface area contributed by atoms with Crippen LogP contribution in [0.3, 0.4) is 0 Å². The topological polar surface area (TPSA) is 132 Å². The minimum absolute atomic E-state index is 0.00442. The number of anilines is 1. The van der Waals surface area contributed by atoms with Crippen LogP contribution >= 0.6 is 11.3 Å². The van der Waals surface area contributed by atoms with E-state index in [1.165, 1.54) is 18.3 Å². The number of nitrogens with zero attached hydrogens (tertiary/aromatic N) is 4. The first kappa shape index (κ1) is 24.8. The first-order valence-corrected chi connectivity index (χ1v) is 13.3. The summed E-state index contributed by atoms with van der Waals surface area (Å²) in [6, 6.07) is 10.7. The minimum Gasteiger partial charge on any atom is -0.374 e. The molecule has 196 valence electrons. The number of fused-ring (bicyclic) bond motifs is 2. The number of imidazole rings is 1. The van der Waals surface area contributed by atoms with E-state index < -0.39 is 12.0 Å². The van der Waals surface area contributed by atoms with Crippen molar-refractivity contribution in [1.82, 2.24) is 30.1 Å². The van der Waals surface area contributed by atoms with E-state index in [2.05, 4.69) is 35.5 Å². The molecule has 0 aliphatic rings. The second kappa shape index (κ2) is 10.0. The molecule has 0 spiro atoms. The largest absolute Gasteiger partial charge is 0.374 e. The summed E-state index contributed by atoms with van der Waals surface area (Å²) in [5, 5.41) is 20.7. The molecule has 0 fully saturated rings. The summed E-state index contributed by atoms with van der Waals surface area (Å²) < 4.78 is 16.1. The van der Waals surface area contributed by atoms with E-state index in [9.17, 15) is 9.90 Å². The predicted molar refractivity (Wildman–Crippen MR) is 150 cm³/mol. The number of thiophene rings is 1. The van der Waals surface area contributed by atoms with Crippen LogP contribution in [0.25, 0.3) is 55.2 Å². The molecule has 0 aliphatic heterocycles. The van der Waals surface area contributed by atoms with Gasteiger partial charge in [-0.25, -0.2) is 14.4 Å². The molecule has 0 saturated heterocycles. The number of Topliss-reactive ketones (excluding diaryl/α,β-unsaturated/α-hetero) is 1. The smallest absolute Gasteiger partial charge is 0.178 e. The van der Waals surface area contributed by atoms with Crippen LogP contribution in [0.15, 0.2) is 55.0 Å². The molecule has 0 bridgehead atoms. The first-order valence-electron chi connectivity index (χ1n) is 12.5. The zero-order valence-corrected chi connectivity index (χ0v) is 21.9. The molecule has 4 N–H and O–H groups in total. The molecule has 0 radical (unpaired) electrons. The minimum atomic E-state index is -0.713. The van der Waals surface area contributed by atoms with Crippen molar-refractivity contribution < 1.29 is 14.3 Å². The highest BCUT2D eigenvalue weighted by molar-refractivity contribution is 7.17. The maximum atomic E-state index is 16.1. The van der Waals surface area contributed by atoms with Gasteiger partial charge >= 0.3 is 0 Å². The fourth-order valence-corrected chi connectivity index (χ4v) is 5.50. The molecule has 0 saturated carbocycles. The van der Waals surface area contributed by atoms with Crippen LogP contribution in [0, 0.1) is 5.82 Å². The molecule has 9 nitrogen and oxygen atoms in total. The predicted octanol–water partition coefficient (Wildman–Crippen LogP) is 6.16. The molecule has 1 atom stereocenters. The number of benzene rings is 1. The van der Waals surface area contributed by atoms with Gasteiger partial charge in [0.1, 0.15) is 17.7 Å². The maximum Gasteiger partial charge on any atom is 0.178 e. The zero-order valence-electron chi connectivity index (χ0n) is 21.1. The number of H-pyrrole nitrogens is 2. The standard InChI is InChI=1S/C28H24FN7O2S/c1-3-4-22(38)32-16-11-15(12-30-13-16)17-5-6-19-23(24(17)29)26(36-35-19)28-33-25-18(9-10-31-27(25)34-28)21-8-7-20(39-21)14(2)37/h5-13,22,32,38H,3-4H2,1-2H3,(H,35,36)(H,31,33,34). The summed E-state index contributed by atoms with van der Waals surface area (Å²) >= 11 is 1.39. The summed E-state index contributed by atoms with van der Waals surface area (Å²) in [7, 11) is 0. The van der Waals surface area contributed by atoms with Crippen molar-refractivity contribution in [3.63, 3.8) is 0 Å². The maximum absolute atomic E-state index is 16.1. The van der Waals surface area contributed by atoms with Gasteiger partial charge in [-0.15, -0.1) is 11.3 Å². The van der Waals surface area contributed by atoms with E-state index in [-0.39, 0.29) is 11.2 Å². The zero-order chi connectivity index (χ0) is 27.1. The second-order valence-corrected chi connectivity index (χ2v) is 10.3. The number of rotatable bonds is 8. The van der Waals surface area contributed by atoms with Gasteiger partial charge in [0.15, 0.2) is 17.3 Å². The molecular formula is C28H24FN7O2S. The number of pyridine rings is 2. The molecule has 11 heteroatoms. The van der Waals surface area contributed by atoms with E-state index in [1.807, 2.05) is 19.1 Å². The Morgan fingerprint density at radius 2 is 2.05 bits per heavy atom. The lowest BCUT2D eigenvalue weighted by atomic mass is 10.0. The second-order valence-electron chi connectivity index (χ2n) is 9.20. The van der Waals surface area contributed by atoms with Gasteiger partial charge < -0.3 is 15.4 Å². The van der Waals surface area contributed by atoms with Gasteiger partial charge in [-0.3, -0.25) is 14.9 Å². The van der Waals surface area contributed by atoms with Crippen LogP contribution in [0.1, 0.15) is 36.4 Å². The van der Waals surface area contributed by atoms with E-state index in [0.29, 0.717) is 56.3 Å². The molecular weight excluding hydrogens is 517 g/mol. The Morgan fingerprint density at radius 3 is 2.85 bits per heavy atom. The van der Waals surface area contributed by atoms with Crippen LogP contribution in [-0.4, -0.2) is 47.3 Å². The van der Waals surface area contributed by atoms with Crippen LogP contribution in [0.2, 0.25) is 0 Å². The number of hydrogen-bond donors (Lipinski definition) is 4. The van der Waals surface area contributed by atoms with E-state index in [1.54, 1.807) is 42.9 Å². The summed E-state index contributed by atoms with van der Waals surface area (Å²) in [5.41, 5.74) is 4.32. The van der Waals surface area contributed by atoms with Gasteiger partial charge in [-0.1, -0.05) is 13.3 Å². The van der Waals surface area contributed by atoms with Crippen LogP contribution < -0.4 is 5.32 Å². The molecule has 39 heavy (non-hydrogen) atoms. The summed E-state index contributed by atoms with van der Waals surface area (Å²) in [6.45, 7) is 3.52. The number of aromatic nitrogens is 6. The van der Waals surface area contributed by atoms with Crippen molar-refractivity contribution in [3.05, 3.63) is 65.7 Å². The Labute approximate surface area is 226 Å². The monoisotopic (exact) mass is 541 g/mol. The Morgan fingerprint density at radius 1 is 1.18 bits per heavy atom. The number of carbonyl (C=O) groups is 1. The quantitative estimate of drug-likeness (QED) is 0.134. The van der Waals surface area contributed by atoms with Crippen molar-refractivity contribution in [2.75, 3.05) is 5.32 Å². The fraction of sp³-hybridized carbons (Fsp3) is 0.179. The van der Waals surface area contributed by atoms with Crippen LogP contribution in [0.4, 0.5) is 10.1 Å². The van der Waals surface area contributed by atoms with Gasteiger partial charge in [0.2, 0.25) is 0 Å². The number of ketones is 1. The SMILES string of the molecule is CCCC(O)Nc1cncc(-c2ccc3[nH]nc(-c4nc5nccc(-c6ccc(C(C)=O)s6)c5[nH]4)c3c2F)c1. The van der Waals surface area contributed by atoms with Crippen molar-refractivity contribution in [3.8, 4) is 33.1 Å². The molecule has 5 heterocycles. The van der Waals surface area contributed by atoms with Gasteiger partial charge in [-0.05, 0) is 49.7 Å². The molecule has 6 rings (SSSR count). The number of carbonyl (C=O) groups excluding carboxylic acids is 1. The van der Waals surface area contributed by atoms with Gasteiger partial charge in [0.25, 0.3) is 0 Å². The molecule has 6 aromatic rings. The highest BCUT2D eigenvalue weighted by Gasteiger charge is 2.21. The van der Waals surface area contributed by atoms with E-state index in [0.717, 1.165) is 16.9 Å². The number of aliphatic hydroxyl groups is 1. The number of aliphatic hydroxyl groups excluding tert-OH is 1. The van der Waals surface area contributed by atoms with Gasteiger partial charge in [0.05, 0.1) is 33.2 Å². The van der Waals surface area contributed by atoms with Gasteiger partial charge in [0, 0.05) is 34.0 Å². The van der Waals surface area contributed by atoms with Crippen molar-refractivity contribution >= 4 is 44.9 Å². The normalized spacial score (nSPS) is 12.3. The Bertz CT molecular complexity index is 1840. The molecule has 0 aliphatic carbocycles. The van der Waals surface area contributed by atoms with Crippen molar-refractivity contribution in [2.24, 2.45) is 0 Å². The third-order valence-electron chi connectivity index (χ3n) is 6.45. The highest BCUT2D eigenvalue weighted by atomic mass is 32.1. The van der Waals surface area contributed by atoms with Crippen molar-refractivity contribution in [2.45, 2.75) is 32.9 Å². The molecule has 1 aromatic carbocycles. The summed E-state index contributed by atoms with van der Waals surface area (Å²) in [4.78, 5) is 29.9. The summed E-state index contributed by atoms with van der Waals surface area (Å²) in [6.07, 6.45) is 5.52. The number of nitrogens with one attached hydrogen (secondary N) is 3. The average molecular weight is 542 g/mol. The Kier molecular flexibility index (Phi) is 6.37. The number of aromatic amines is 2. The number of halogens is 1. The van der Waals surface area contributed by atoms with E-state index >= 15 is 4.39 Å². The third kappa shape index (κ3) is 4.55. The Hall–Kier alpha value is -4.48. The van der Waals surface area contributed by atoms with Crippen LogP contribution in [-0.2, 0) is 0 Å². The van der Waals surface area contributed by atoms with Crippen LogP contribution in [0.5, 0.6) is 0 Å². The number of hydrogen-bond acceptors (Lipinski definition) is 8. The third-order valence-corrected chi connectivity index (χ3v) is 7.67. The molecule has 5 aromatic heterocycles. The van der Waals surface area contributed by atoms with E-state index in [4.69, 9.17) is 0 Å². The highest BCUT2D eigenvalue weighted by Crippen LogP contribution is 2.36. The summed E-state index contributed by atoms with van der Waals surface area (Å²) in [5.74, 6) is -0.0982. The molecule has 1 unspecified atom stereocenters. The lowest BCUT2D eigenvalue weighted by Gasteiger charge is -2.14.